The summed E-state index contributed by atoms with van der Waals surface area (Å²) in [4.78, 5) is 27.1. The van der Waals surface area contributed by atoms with Crippen LogP contribution in [-0.2, 0) is 11.3 Å². The van der Waals surface area contributed by atoms with Crippen molar-refractivity contribution >= 4 is 11.9 Å². The minimum absolute atomic E-state index is 0.0344. The number of ether oxygens (including phenoxy) is 2. The molecule has 2 aromatic rings. The zero-order valence-electron chi connectivity index (χ0n) is 18.8. The molecule has 8 heteroatoms. The predicted octanol–water partition coefficient (Wildman–Crippen LogP) is 2.55. The van der Waals surface area contributed by atoms with Crippen LogP contribution in [0.4, 0.5) is 5.95 Å². The Hall–Kier alpha value is -2.87. The number of carbonyl (C=O) groups is 1. The van der Waals surface area contributed by atoms with Gasteiger partial charge in [-0.05, 0) is 50.5 Å². The Kier molecular flexibility index (Phi) is 5.87. The third-order valence-electron chi connectivity index (χ3n) is 6.44. The number of nitrogens with one attached hydrogen (secondary N) is 1. The van der Waals surface area contributed by atoms with Crippen LogP contribution in [0.1, 0.15) is 43.9 Å². The first-order chi connectivity index (χ1) is 15.6. The van der Waals surface area contributed by atoms with E-state index < -0.39 is 0 Å². The van der Waals surface area contributed by atoms with Crippen LogP contribution in [0.2, 0.25) is 0 Å². The number of amides is 1. The molecule has 1 aromatic heterocycles. The van der Waals surface area contributed by atoms with E-state index in [1.54, 1.807) is 0 Å². The highest BCUT2D eigenvalue weighted by molar-refractivity contribution is 5.80. The molecule has 3 aliphatic rings. The van der Waals surface area contributed by atoms with Gasteiger partial charge in [0.25, 0.3) is 0 Å². The number of aromatic nitrogens is 2. The predicted molar refractivity (Wildman–Crippen MR) is 121 cm³/mol. The molecule has 8 nitrogen and oxygen atoms in total. The fraction of sp³-hybridized carbons (Fsp3) is 0.542. The second kappa shape index (κ2) is 8.94. The van der Waals surface area contributed by atoms with Crippen LogP contribution in [0.15, 0.2) is 30.5 Å². The molecule has 0 saturated carbocycles. The number of anilines is 1. The Morgan fingerprint density at radius 1 is 1.16 bits per heavy atom. The molecule has 1 aromatic carbocycles. The minimum Gasteiger partial charge on any atom is -0.454 e. The van der Waals surface area contributed by atoms with Gasteiger partial charge in [-0.15, -0.1) is 0 Å². The van der Waals surface area contributed by atoms with E-state index >= 15 is 0 Å². The third kappa shape index (κ3) is 4.37. The molecule has 1 N–H and O–H groups in total. The number of likely N-dealkylation sites (tertiary alicyclic amines) is 1. The summed E-state index contributed by atoms with van der Waals surface area (Å²) in [5.41, 5.74) is 2.11. The molecule has 2 saturated heterocycles. The van der Waals surface area contributed by atoms with Crippen LogP contribution in [0.5, 0.6) is 11.5 Å². The molecule has 1 amide bonds. The van der Waals surface area contributed by atoms with Crippen molar-refractivity contribution in [2.24, 2.45) is 5.92 Å². The van der Waals surface area contributed by atoms with E-state index in [9.17, 15) is 4.79 Å². The van der Waals surface area contributed by atoms with E-state index in [2.05, 4.69) is 26.2 Å². The minimum atomic E-state index is -0.146. The standard InChI is InChI=1S/C24H31N5O3/c1-16(2)26-23(30)19-14-28(12-17-5-6-21-22(11-17)32-15-31-21)13-18(19)20-7-8-25-24(27-20)29-9-3-4-10-29/h5-8,11,16,18-19H,3-4,9-10,12-15H2,1-2H3,(H,26,30)/t18-,19-/m0/s1. The maximum atomic E-state index is 13.1. The van der Waals surface area contributed by atoms with Crippen LogP contribution in [-0.4, -0.2) is 59.8 Å². The summed E-state index contributed by atoms with van der Waals surface area (Å²) >= 11 is 0. The Morgan fingerprint density at radius 2 is 1.97 bits per heavy atom. The molecule has 170 valence electrons. The lowest BCUT2D eigenvalue weighted by Gasteiger charge is -2.21. The molecule has 3 aliphatic heterocycles. The molecule has 0 bridgehead atoms. The fourth-order valence-electron chi connectivity index (χ4n) is 4.91. The van der Waals surface area contributed by atoms with Gasteiger partial charge in [0, 0.05) is 50.9 Å². The van der Waals surface area contributed by atoms with Crippen molar-refractivity contribution < 1.29 is 14.3 Å². The van der Waals surface area contributed by atoms with Crippen LogP contribution in [0.3, 0.4) is 0 Å². The first-order valence-electron chi connectivity index (χ1n) is 11.6. The summed E-state index contributed by atoms with van der Waals surface area (Å²) in [7, 11) is 0. The zero-order valence-corrected chi connectivity index (χ0v) is 18.8. The number of hydrogen-bond donors (Lipinski definition) is 1. The summed E-state index contributed by atoms with van der Waals surface area (Å²) in [6.07, 6.45) is 4.20. The third-order valence-corrected chi connectivity index (χ3v) is 6.44. The number of rotatable bonds is 6. The average molecular weight is 438 g/mol. The van der Waals surface area contributed by atoms with E-state index in [0.717, 1.165) is 54.9 Å². The first-order valence-corrected chi connectivity index (χ1v) is 11.6. The van der Waals surface area contributed by atoms with Gasteiger partial charge >= 0.3 is 0 Å². The van der Waals surface area contributed by atoms with Crippen molar-refractivity contribution in [2.45, 2.75) is 45.2 Å². The molecule has 2 atom stereocenters. The lowest BCUT2D eigenvalue weighted by Crippen LogP contribution is -2.38. The number of nitrogens with zero attached hydrogens (tertiary/aromatic N) is 4. The Labute approximate surface area is 188 Å². The topological polar surface area (TPSA) is 79.8 Å². The number of hydrogen-bond acceptors (Lipinski definition) is 7. The largest absolute Gasteiger partial charge is 0.454 e. The number of benzene rings is 1. The monoisotopic (exact) mass is 437 g/mol. The van der Waals surface area contributed by atoms with E-state index in [1.165, 1.54) is 12.8 Å². The highest BCUT2D eigenvalue weighted by Crippen LogP contribution is 2.36. The quantitative estimate of drug-likeness (QED) is 0.744. The molecule has 0 spiro atoms. The smallest absolute Gasteiger partial charge is 0.231 e. The highest BCUT2D eigenvalue weighted by Gasteiger charge is 2.39. The summed E-state index contributed by atoms with van der Waals surface area (Å²) in [5, 5.41) is 3.12. The fourth-order valence-corrected chi connectivity index (χ4v) is 4.91. The maximum absolute atomic E-state index is 13.1. The van der Waals surface area contributed by atoms with Crippen LogP contribution in [0.25, 0.3) is 0 Å². The van der Waals surface area contributed by atoms with E-state index in [0.29, 0.717) is 6.54 Å². The first kappa shape index (κ1) is 21.0. The number of carbonyl (C=O) groups excluding carboxylic acids is 1. The van der Waals surface area contributed by atoms with E-state index in [4.69, 9.17) is 14.5 Å². The Balaban J connectivity index is 1.37. The van der Waals surface area contributed by atoms with Crippen molar-refractivity contribution in [3.05, 3.63) is 41.7 Å². The van der Waals surface area contributed by atoms with Gasteiger partial charge in [0.15, 0.2) is 11.5 Å². The summed E-state index contributed by atoms with van der Waals surface area (Å²) < 4.78 is 11.0. The van der Waals surface area contributed by atoms with Crippen LogP contribution < -0.4 is 19.7 Å². The van der Waals surface area contributed by atoms with Gasteiger partial charge in [0.2, 0.25) is 18.6 Å². The van der Waals surface area contributed by atoms with Gasteiger partial charge in [-0.1, -0.05) is 6.07 Å². The van der Waals surface area contributed by atoms with Gasteiger partial charge < -0.3 is 19.7 Å². The van der Waals surface area contributed by atoms with Gasteiger partial charge in [-0.3, -0.25) is 9.69 Å². The van der Waals surface area contributed by atoms with Gasteiger partial charge in [-0.25, -0.2) is 9.97 Å². The van der Waals surface area contributed by atoms with Crippen molar-refractivity contribution in [1.29, 1.82) is 0 Å². The lowest BCUT2D eigenvalue weighted by atomic mass is 9.91. The van der Waals surface area contributed by atoms with Crippen molar-refractivity contribution in [3.63, 3.8) is 0 Å². The Bertz CT molecular complexity index is 976. The average Bonchev–Trinajstić information content (AvgIpc) is 3.53. The zero-order chi connectivity index (χ0) is 22.1. The van der Waals surface area contributed by atoms with E-state index in [-0.39, 0.29) is 30.6 Å². The van der Waals surface area contributed by atoms with Crippen LogP contribution in [0, 0.1) is 5.92 Å². The van der Waals surface area contributed by atoms with Gasteiger partial charge in [-0.2, -0.15) is 0 Å². The van der Waals surface area contributed by atoms with Gasteiger partial charge in [0.05, 0.1) is 11.6 Å². The molecule has 0 radical (unpaired) electrons. The summed E-state index contributed by atoms with van der Waals surface area (Å²) in [5.74, 6) is 2.35. The van der Waals surface area contributed by atoms with E-state index in [1.807, 2.05) is 38.2 Å². The Morgan fingerprint density at radius 3 is 2.78 bits per heavy atom. The molecule has 32 heavy (non-hydrogen) atoms. The normalized spacial score (nSPS) is 22.7. The lowest BCUT2D eigenvalue weighted by molar-refractivity contribution is -0.125. The highest BCUT2D eigenvalue weighted by atomic mass is 16.7. The molecule has 4 heterocycles. The molecule has 5 rings (SSSR count). The van der Waals surface area contributed by atoms with Crippen molar-refractivity contribution in [1.82, 2.24) is 20.2 Å². The molecular formula is C24H31N5O3. The van der Waals surface area contributed by atoms with Crippen LogP contribution >= 0.6 is 0 Å². The van der Waals surface area contributed by atoms with Gasteiger partial charge in [0.1, 0.15) is 0 Å². The SMILES string of the molecule is CC(C)NC(=O)[C@H]1CN(Cc2ccc3c(c2)OCO3)C[C@@H]1c1ccnc(N2CCCC2)n1. The van der Waals surface area contributed by atoms with Crippen molar-refractivity contribution in [2.75, 3.05) is 37.9 Å². The summed E-state index contributed by atoms with van der Waals surface area (Å²) in [6.45, 7) is 8.51. The molecule has 0 unspecified atom stereocenters. The molecular weight excluding hydrogens is 406 g/mol. The second-order valence-electron chi connectivity index (χ2n) is 9.23. The van der Waals surface area contributed by atoms with Crippen molar-refractivity contribution in [3.8, 4) is 11.5 Å². The maximum Gasteiger partial charge on any atom is 0.231 e. The summed E-state index contributed by atoms with van der Waals surface area (Å²) in [6, 6.07) is 8.15. The second-order valence-corrected chi connectivity index (χ2v) is 9.23. The molecule has 2 fully saturated rings. The number of fused-ring (bicyclic) bond motifs is 1. The molecule has 0 aliphatic carbocycles.